The first kappa shape index (κ1) is 13.3. The Hall–Kier alpha value is -1.65. The Kier molecular flexibility index (Phi) is 3.85. The molecule has 0 bridgehead atoms. The van der Waals surface area contributed by atoms with Gasteiger partial charge in [-0.15, -0.1) is 0 Å². The molecule has 1 N–H and O–H groups in total. The van der Waals surface area contributed by atoms with Crippen LogP contribution in [0.5, 0.6) is 5.75 Å². The summed E-state index contributed by atoms with van der Waals surface area (Å²) in [7, 11) is 1.93. The molecule has 20 heavy (non-hydrogen) atoms. The highest BCUT2D eigenvalue weighted by molar-refractivity contribution is 6.30. The van der Waals surface area contributed by atoms with Crippen LogP contribution in [0.1, 0.15) is 22.9 Å². The zero-order valence-corrected chi connectivity index (χ0v) is 12.0. The molecule has 1 aromatic carbocycles. The molecule has 2 aromatic rings. The highest BCUT2D eigenvalue weighted by atomic mass is 35.5. The van der Waals surface area contributed by atoms with E-state index in [9.17, 15) is 0 Å². The Balaban J connectivity index is 1.91. The number of ether oxygens (including phenoxy) is 1. The van der Waals surface area contributed by atoms with Crippen molar-refractivity contribution in [2.75, 3.05) is 13.7 Å². The number of aromatic nitrogens is 2. The Labute approximate surface area is 123 Å². The maximum Gasteiger partial charge on any atom is 0.125 e. The van der Waals surface area contributed by atoms with E-state index < -0.39 is 0 Å². The number of hydrogen-bond donors (Lipinski definition) is 1. The van der Waals surface area contributed by atoms with Gasteiger partial charge in [0.2, 0.25) is 0 Å². The molecule has 0 fully saturated rings. The molecule has 3 rings (SSSR count). The van der Waals surface area contributed by atoms with Gasteiger partial charge in [-0.25, -0.2) is 9.97 Å². The van der Waals surface area contributed by atoms with E-state index in [0.717, 1.165) is 41.5 Å². The summed E-state index contributed by atoms with van der Waals surface area (Å²) in [5.74, 6) is 0.990. The number of nitrogens with zero attached hydrogens (tertiary/aromatic N) is 2. The third-order valence-corrected chi connectivity index (χ3v) is 3.78. The van der Waals surface area contributed by atoms with E-state index in [1.54, 1.807) is 12.5 Å². The van der Waals surface area contributed by atoms with Crippen molar-refractivity contribution >= 4 is 11.6 Å². The molecule has 0 saturated heterocycles. The molecule has 104 valence electrons. The van der Waals surface area contributed by atoms with Gasteiger partial charge in [-0.1, -0.05) is 11.6 Å². The van der Waals surface area contributed by atoms with Crippen LogP contribution in [0.4, 0.5) is 0 Å². The smallest absolute Gasteiger partial charge is 0.125 e. The first-order valence-electron chi connectivity index (χ1n) is 6.65. The van der Waals surface area contributed by atoms with Crippen molar-refractivity contribution in [3.05, 3.63) is 52.6 Å². The molecule has 4 nitrogen and oxygen atoms in total. The predicted molar refractivity (Wildman–Crippen MR) is 78.2 cm³/mol. The summed E-state index contributed by atoms with van der Waals surface area (Å²) >= 11 is 6.20. The minimum absolute atomic E-state index is 0.116. The summed E-state index contributed by atoms with van der Waals surface area (Å²) in [6, 6.07) is 6.01. The van der Waals surface area contributed by atoms with Gasteiger partial charge in [0.25, 0.3) is 0 Å². The van der Waals surface area contributed by atoms with Crippen LogP contribution in [-0.2, 0) is 12.8 Å². The minimum Gasteiger partial charge on any atom is -0.493 e. The third kappa shape index (κ3) is 2.62. The molecule has 5 heteroatoms. The molecule has 0 aliphatic carbocycles. The number of hydrogen-bond acceptors (Lipinski definition) is 4. The average Bonchev–Trinajstić information content (AvgIpc) is 2.93. The number of nitrogens with one attached hydrogen (secondary N) is 1. The third-order valence-electron chi connectivity index (χ3n) is 3.56. The summed E-state index contributed by atoms with van der Waals surface area (Å²) in [6.45, 7) is 0.737. The number of fused-ring (bicyclic) bond motifs is 1. The molecular weight excluding hydrogens is 274 g/mol. The van der Waals surface area contributed by atoms with E-state index in [-0.39, 0.29) is 6.04 Å². The molecule has 2 heterocycles. The van der Waals surface area contributed by atoms with E-state index in [0.29, 0.717) is 0 Å². The van der Waals surface area contributed by atoms with E-state index >= 15 is 0 Å². The summed E-state index contributed by atoms with van der Waals surface area (Å²) in [5, 5.41) is 4.05. The molecule has 0 radical (unpaired) electrons. The van der Waals surface area contributed by atoms with Crippen molar-refractivity contribution < 1.29 is 4.74 Å². The van der Waals surface area contributed by atoms with Gasteiger partial charge in [0.05, 0.1) is 18.3 Å². The van der Waals surface area contributed by atoms with Gasteiger partial charge in [0.15, 0.2) is 0 Å². The van der Waals surface area contributed by atoms with Crippen molar-refractivity contribution in [3.63, 3.8) is 0 Å². The van der Waals surface area contributed by atoms with Gasteiger partial charge in [-0.3, -0.25) is 0 Å². The van der Waals surface area contributed by atoms with Crippen molar-refractivity contribution in [1.29, 1.82) is 0 Å². The highest BCUT2D eigenvalue weighted by Crippen LogP contribution is 2.34. The Morgan fingerprint density at radius 2 is 2.35 bits per heavy atom. The SMILES string of the molecule is CNC(Cc1cc(Cl)cc2c1OCC2)c1ccncn1. The van der Waals surface area contributed by atoms with E-state index in [2.05, 4.69) is 15.3 Å². The second-order valence-corrected chi connectivity index (χ2v) is 5.27. The largest absolute Gasteiger partial charge is 0.493 e. The lowest BCUT2D eigenvalue weighted by atomic mass is 9.99. The first-order valence-corrected chi connectivity index (χ1v) is 7.03. The van der Waals surface area contributed by atoms with Crippen LogP contribution >= 0.6 is 11.6 Å². The normalized spacial score (nSPS) is 14.7. The summed E-state index contributed by atoms with van der Waals surface area (Å²) in [5.41, 5.74) is 3.29. The molecule has 1 aliphatic heterocycles. The van der Waals surface area contributed by atoms with Crippen LogP contribution in [0.3, 0.4) is 0 Å². The standard InChI is InChI=1S/C15H16ClN3O/c1-17-14(13-2-4-18-9-19-13)8-11-7-12(16)6-10-3-5-20-15(10)11/h2,4,6-7,9,14,17H,3,5,8H2,1H3. The Morgan fingerprint density at radius 1 is 1.45 bits per heavy atom. The van der Waals surface area contributed by atoms with Crippen molar-refractivity contribution in [2.24, 2.45) is 0 Å². The van der Waals surface area contributed by atoms with Crippen molar-refractivity contribution in [2.45, 2.75) is 18.9 Å². The molecule has 1 aliphatic rings. The van der Waals surface area contributed by atoms with Crippen LogP contribution in [0, 0.1) is 0 Å². The van der Waals surface area contributed by atoms with Crippen LogP contribution in [-0.4, -0.2) is 23.6 Å². The average molecular weight is 290 g/mol. The quantitative estimate of drug-likeness (QED) is 0.940. The van der Waals surface area contributed by atoms with Gasteiger partial charge < -0.3 is 10.1 Å². The zero-order valence-electron chi connectivity index (χ0n) is 11.3. The van der Waals surface area contributed by atoms with Crippen LogP contribution in [0.15, 0.2) is 30.7 Å². The Morgan fingerprint density at radius 3 is 3.10 bits per heavy atom. The molecule has 0 spiro atoms. The molecule has 1 unspecified atom stereocenters. The van der Waals surface area contributed by atoms with Gasteiger partial charge in [0.1, 0.15) is 12.1 Å². The number of likely N-dealkylation sites (N-methyl/N-ethyl adjacent to an activating group) is 1. The maximum atomic E-state index is 6.20. The highest BCUT2D eigenvalue weighted by Gasteiger charge is 2.20. The summed E-state index contributed by atoms with van der Waals surface area (Å²) < 4.78 is 5.75. The fourth-order valence-electron chi connectivity index (χ4n) is 2.58. The molecule has 1 atom stereocenters. The molecule has 0 saturated carbocycles. The molecular formula is C15H16ClN3O. The minimum atomic E-state index is 0.116. The monoisotopic (exact) mass is 289 g/mol. The number of rotatable bonds is 4. The van der Waals surface area contributed by atoms with Crippen LogP contribution in [0.25, 0.3) is 0 Å². The van der Waals surface area contributed by atoms with Gasteiger partial charge >= 0.3 is 0 Å². The van der Waals surface area contributed by atoms with Crippen LogP contribution in [0.2, 0.25) is 5.02 Å². The zero-order chi connectivity index (χ0) is 13.9. The first-order chi connectivity index (χ1) is 9.78. The Bertz CT molecular complexity index is 604. The maximum absolute atomic E-state index is 6.20. The lowest BCUT2D eigenvalue weighted by Gasteiger charge is -2.17. The van der Waals surface area contributed by atoms with Gasteiger partial charge in [-0.05, 0) is 42.8 Å². The lowest BCUT2D eigenvalue weighted by molar-refractivity contribution is 0.352. The molecule has 0 amide bonds. The predicted octanol–water partition coefficient (Wildman–Crippen LogP) is 2.57. The fourth-order valence-corrected chi connectivity index (χ4v) is 2.84. The second kappa shape index (κ2) is 5.77. The topological polar surface area (TPSA) is 47.0 Å². The number of halogens is 1. The van der Waals surface area contributed by atoms with Gasteiger partial charge in [0, 0.05) is 17.6 Å². The van der Waals surface area contributed by atoms with E-state index in [1.165, 1.54) is 5.56 Å². The number of benzene rings is 1. The van der Waals surface area contributed by atoms with Crippen LogP contribution < -0.4 is 10.1 Å². The second-order valence-electron chi connectivity index (χ2n) is 4.83. The lowest BCUT2D eigenvalue weighted by Crippen LogP contribution is -2.20. The van der Waals surface area contributed by atoms with Crippen molar-refractivity contribution in [1.82, 2.24) is 15.3 Å². The van der Waals surface area contributed by atoms with E-state index in [4.69, 9.17) is 16.3 Å². The summed E-state index contributed by atoms with van der Waals surface area (Å²) in [4.78, 5) is 8.27. The summed E-state index contributed by atoms with van der Waals surface area (Å²) in [6.07, 6.45) is 5.04. The molecule has 1 aromatic heterocycles. The van der Waals surface area contributed by atoms with E-state index in [1.807, 2.05) is 25.2 Å². The fraction of sp³-hybridized carbons (Fsp3) is 0.333. The van der Waals surface area contributed by atoms with Gasteiger partial charge in [-0.2, -0.15) is 0 Å². The van der Waals surface area contributed by atoms with Crippen molar-refractivity contribution in [3.8, 4) is 5.75 Å².